The van der Waals surface area contributed by atoms with Gasteiger partial charge in [-0.25, -0.2) is 4.39 Å². The number of aliphatic hydroxyl groups is 1. The summed E-state index contributed by atoms with van der Waals surface area (Å²) in [7, 11) is 2.16. The Morgan fingerprint density at radius 3 is 2.78 bits per heavy atom. The number of likely N-dealkylation sites (tertiary alicyclic amines) is 1. The van der Waals surface area contributed by atoms with Crippen molar-refractivity contribution in [2.75, 3.05) is 46.4 Å². The lowest BCUT2D eigenvalue weighted by Crippen LogP contribution is -2.55. The van der Waals surface area contributed by atoms with E-state index in [-0.39, 0.29) is 5.60 Å². The highest BCUT2D eigenvalue weighted by atomic mass is 19.1. The van der Waals surface area contributed by atoms with E-state index in [2.05, 4.69) is 16.8 Å². The fraction of sp³-hybridized carbons (Fsp3) is 0.667. The average Bonchev–Trinajstić information content (AvgIpc) is 2.57. The Balaban J connectivity index is 1.56. The van der Waals surface area contributed by atoms with Crippen molar-refractivity contribution in [3.05, 3.63) is 35.4 Å². The third-order valence-corrected chi connectivity index (χ3v) is 5.09. The molecule has 0 aromatic heterocycles. The van der Waals surface area contributed by atoms with E-state index in [0.29, 0.717) is 5.56 Å². The maximum absolute atomic E-state index is 13.6. The van der Waals surface area contributed by atoms with Gasteiger partial charge in [-0.2, -0.15) is 0 Å². The number of hydrogen-bond donors (Lipinski definition) is 1. The molecule has 0 bridgehead atoms. The summed E-state index contributed by atoms with van der Waals surface area (Å²) in [6.07, 6.45) is 0.824. The molecule has 1 unspecified atom stereocenters. The SMILES string of the molecule is CN1CCOC2(CCN(Cc3cccc(C(F)CO)c3)CC2)C1. The Hall–Kier alpha value is -1.01. The largest absolute Gasteiger partial charge is 0.393 e. The number of nitrogens with zero attached hydrogens (tertiary/aromatic N) is 2. The standard InChI is InChI=1S/C18H27FN2O2/c1-20-9-10-23-18(14-20)5-7-21(8-6-18)12-15-3-2-4-16(11-15)17(19)13-22/h2-4,11,17,22H,5-10,12-14H2,1H3. The number of piperidine rings is 1. The first-order valence-corrected chi connectivity index (χ1v) is 8.49. The van der Waals surface area contributed by atoms with Crippen molar-refractivity contribution >= 4 is 0 Å². The number of likely N-dealkylation sites (N-methyl/N-ethyl adjacent to an activating group) is 1. The maximum Gasteiger partial charge on any atom is 0.148 e. The van der Waals surface area contributed by atoms with Crippen LogP contribution in [0.5, 0.6) is 0 Å². The maximum atomic E-state index is 13.6. The quantitative estimate of drug-likeness (QED) is 0.920. The number of hydrogen-bond acceptors (Lipinski definition) is 4. The molecule has 2 aliphatic heterocycles. The Bertz CT molecular complexity index is 517. The van der Waals surface area contributed by atoms with Crippen LogP contribution in [0.1, 0.15) is 30.1 Å². The van der Waals surface area contributed by atoms with E-state index in [1.165, 1.54) is 0 Å². The zero-order valence-corrected chi connectivity index (χ0v) is 13.9. The molecular formula is C18H27FN2O2. The van der Waals surface area contributed by atoms with Crippen LogP contribution < -0.4 is 0 Å². The second-order valence-electron chi connectivity index (χ2n) is 6.94. The van der Waals surface area contributed by atoms with Crippen LogP contribution in [0, 0.1) is 0 Å². The topological polar surface area (TPSA) is 35.9 Å². The summed E-state index contributed by atoms with van der Waals surface area (Å²) in [6, 6.07) is 7.51. The summed E-state index contributed by atoms with van der Waals surface area (Å²) < 4.78 is 19.7. The third-order valence-electron chi connectivity index (χ3n) is 5.09. The molecule has 0 radical (unpaired) electrons. The van der Waals surface area contributed by atoms with Crippen LogP contribution in [-0.4, -0.2) is 66.9 Å². The highest BCUT2D eigenvalue weighted by Gasteiger charge is 2.38. The molecule has 0 saturated carbocycles. The summed E-state index contributed by atoms with van der Waals surface area (Å²) in [5.74, 6) is 0. The molecule has 2 aliphatic rings. The van der Waals surface area contributed by atoms with Crippen LogP contribution in [0.2, 0.25) is 0 Å². The Kier molecular flexibility index (Phi) is 5.31. The predicted molar refractivity (Wildman–Crippen MR) is 88.1 cm³/mol. The summed E-state index contributed by atoms with van der Waals surface area (Å²) in [6.45, 7) is 5.27. The lowest BCUT2D eigenvalue weighted by molar-refractivity contribution is -0.131. The van der Waals surface area contributed by atoms with Gasteiger partial charge in [0.1, 0.15) is 6.17 Å². The van der Waals surface area contributed by atoms with Crippen LogP contribution >= 0.6 is 0 Å². The number of alkyl halides is 1. The lowest BCUT2D eigenvalue weighted by Gasteiger charge is -2.46. The molecule has 23 heavy (non-hydrogen) atoms. The number of morpholine rings is 1. The zero-order chi connectivity index (χ0) is 16.3. The number of aliphatic hydroxyl groups excluding tert-OH is 1. The van der Waals surface area contributed by atoms with Crippen LogP contribution in [0.25, 0.3) is 0 Å². The second kappa shape index (κ2) is 7.26. The second-order valence-corrected chi connectivity index (χ2v) is 6.94. The van der Waals surface area contributed by atoms with Crippen molar-refractivity contribution in [3.8, 4) is 0 Å². The van der Waals surface area contributed by atoms with Crippen molar-refractivity contribution in [2.45, 2.75) is 31.2 Å². The Morgan fingerprint density at radius 2 is 2.09 bits per heavy atom. The molecule has 2 fully saturated rings. The summed E-state index contributed by atoms with van der Waals surface area (Å²) in [5.41, 5.74) is 1.71. The van der Waals surface area contributed by atoms with Gasteiger partial charge in [-0.05, 0) is 31.0 Å². The first-order chi connectivity index (χ1) is 11.1. The van der Waals surface area contributed by atoms with Gasteiger partial charge in [-0.15, -0.1) is 0 Å². The van der Waals surface area contributed by atoms with Crippen molar-refractivity contribution in [3.63, 3.8) is 0 Å². The van der Waals surface area contributed by atoms with Gasteiger partial charge in [0.25, 0.3) is 0 Å². The van der Waals surface area contributed by atoms with E-state index >= 15 is 0 Å². The minimum Gasteiger partial charge on any atom is -0.393 e. The van der Waals surface area contributed by atoms with E-state index in [1.54, 1.807) is 6.07 Å². The highest BCUT2D eigenvalue weighted by molar-refractivity contribution is 5.25. The summed E-state index contributed by atoms with van der Waals surface area (Å²) in [4.78, 5) is 4.77. The van der Waals surface area contributed by atoms with Gasteiger partial charge in [0.2, 0.25) is 0 Å². The molecule has 0 aliphatic carbocycles. The number of halogens is 1. The van der Waals surface area contributed by atoms with Crippen LogP contribution in [-0.2, 0) is 11.3 Å². The number of rotatable bonds is 4. The van der Waals surface area contributed by atoms with Crippen molar-refractivity contribution in [1.29, 1.82) is 0 Å². The monoisotopic (exact) mass is 322 g/mol. The molecule has 4 nitrogen and oxygen atoms in total. The molecule has 1 atom stereocenters. The van der Waals surface area contributed by atoms with Gasteiger partial charge in [0.15, 0.2) is 0 Å². The van der Waals surface area contributed by atoms with Gasteiger partial charge in [-0.3, -0.25) is 4.90 Å². The zero-order valence-electron chi connectivity index (χ0n) is 13.9. The Labute approximate surface area is 137 Å². The fourth-order valence-electron chi connectivity index (χ4n) is 3.71. The predicted octanol–water partition coefficient (Wildman–Crippen LogP) is 1.99. The molecule has 2 saturated heterocycles. The van der Waals surface area contributed by atoms with Crippen molar-refractivity contribution in [2.24, 2.45) is 0 Å². The molecule has 1 spiro atoms. The van der Waals surface area contributed by atoms with Gasteiger partial charge in [-0.1, -0.05) is 24.3 Å². The normalized spacial score (nSPS) is 24.0. The molecule has 1 N–H and O–H groups in total. The molecule has 2 heterocycles. The summed E-state index contributed by atoms with van der Waals surface area (Å²) >= 11 is 0. The molecular weight excluding hydrogens is 295 g/mol. The molecule has 5 heteroatoms. The summed E-state index contributed by atoms with van der Waals surface area (Å²) in [5, 5.41) is 8.96. The van der Waals surface area contributed by atoms with E-state index < -0.39 is 12.8 Å². The first-order valence-electron chi connectivity index (χ1n) is 8.49. The fourth-order valence-corrected chi connectivity index (χ4v) is 3.71. The van der Waals surface area contributed by atoms with Gasteiger partial charge >= 0.3 is 0 Å². The van der Waals surface area contributed by atoms with E-state index in [0.717, 1.165) is 57.7 Å². The molecule has 3 rings (SSSR count). The van der Waals surface area contributed by atoms with E-state index in [1.807, 2.05) is 18.2 Å². The van der Waals surface area contributed by atoms with Crippen molar-refractivity contribution in [1.82, 2.24) is 9.80 Å². The Morgan fingerprint density at radius 1 is 1.30 bits per heavy atom. The lowest BCUT2D eigenvalue weighted by atomic mass is 9.89. The number of benzene rings is 1. The molecule has 1 aromatic carbocycles. The minimum atomic E-state index is -1.29. The van der Waals surface area contributed by atoms with Crippen LogP contribution in [0.4, 0.5) is 4.39 Å². The molecule has 0 amide bonds. The molecule has 128 valence electrons. The molecule has 1 aromatic rings. The third kappa shape index (κ3) is 4.10. The number of ether oxygens (including phenoxy) is 1. The highest BCUT2D eigenvalue weighted by Crippen LogP contribution is 2.30. The van der Waals surface area contributed by atoms with Gasteiger partial charge in [0.05, 0.1) is 18.8 Å². The first kappa shape index (κ1) is 16.8. The van der Waals surface area contributed by atoms with E-state index in [4.69, 9.17) is 9.84 Å². The van der Waals surface area contributed by atoms with E-state index in [9.17, 15) is 4.39 Å². The van der Waals surface area contributed by atoms with Crippen LogP contribution in [0.15, 0.2) is 24.3 Å². The van der Waals surface area contributed by atoms with Gasteiger partial charge in [0, 0.05) is 32.7 Å². The van der Waals surface area contributed by atoms with Gasteiger partial charge < -0.3 is 14.7 Å². The minimum absolute atomic E-state index is 0.0340. The van der Waals surface area contributed by atoms with Crippen molar-refractivity contribution < 1.29 is 14.2 Å². The van der Waals surface area contributed by atoms with Crippen LogP contribution in [0.3, 0.4) is 0 Å². The smallest absolute Gasteiger partial charge is 0.148 e. The average molecular weight is 322 g/mol.